The zero-order valence-electron chi connectivity index (χ0n) is 15.7. The molecule has 2 aromatic rings. The van der Waals surface area contributed by atoms with Gasteiger partial charge in [0.15, 0.2) is 11.8 Å². The average molecular weight is 383 g/mol. The smallest absolute Gasteiger partial charge is 0.255 e. The Bertz CT molecular complexity index is 863. The van der Waals surface area contributed by atoms with Gasteiger partial charge in [-0.3, -0.25) is 4.99 Å². The van der Waals surface area contributed by atoms with Crippen molar-refractivity contribution in [3.05, 3.63) is 41.5 Å². The molecule has 1 saturated carbocycles. The normalized spacial score (nSPS) is 27.3. The van der Waals surface area contributed by atoms with Gasteiger partial charge in [-0.05, 0) is 31.7 Å². The molecule has 3 heterocycles. The molecule has 5 rings (SSSR count). The molecule has 0 bridgehead atoms. The van der Waals surface area contributed by atoms with Gasteiger partial charge in [0.05, 0.1) is 25.3 Å². The largest absolute Gasteiger partial charge is 0.493 e. The van der Waals surface area contributed by atoms with E-state index in [1.165, 1.54) is 0 Å². The molecule has 1 aromatic carbocycles. The van der Waals surface area contributed by atoms with Gasteiger partial charge in [0.2, 0.25) is 0 Å². The summed E-state index contributed by atoms with van der Waals surface area (Å²) in [4.78, 5) is 8.99. The Labute approximate surface area is 163 Å². The predicted molar refractivity (Wildman–Crippen MR) is 102 cm³/mol. The zero-order chi connectivity index (χ0) is 18.9. The van der Waals surface area contributed by atoms with E-state index < -0.39 is 0 Å². The number of benzene rings is 1. The molecular weight excluding hydrogens is 358 g/mol. The van der Waals surface area contributed by atoms with Crippen LogP contribution in [0.2, 0.25) is 0 Å². The van der Waals surface area contributed by atoms with Crippen LogP contribution in [-0.4, -0.2) is 35.4 Å². The molecule has 2 fully saturated rings. The minimum absolute atomic E-state index is 0.0172. The van der Waals surface area contributed by atoms with Gasteiger partial charge in [-0.2, -0.15) is 4.98 Å². The Morgan fingerprint density at radius 1 is 1.18 bits per heavy atom. The van der Waals surface area contributed by atoms with Crippen molar-refractivity contribution in [1.29, 1.82) is 0 Å². The second-order valence-corrected chi connectivity index (χ2v) is 7.69. The summed E-state index contributed by atoms with van der Waals surface area (Å²) >= 11 is 0. The molecule has 1 saturated heterocycles. The number of nitrogens with one attached hydrogen (secondary N) is 1. The van der Waals surface area contributed by atoms with Crippen LogP contribution in [0.5, 0.6) is 5.75 Å². The SMILES string of the molecule is NC(=NC[C@H]1CC[C@@H](c2nc(C3CC3)no2)O1)NC1CCOc2ccccc21. The number of nitrogens with zero attached hydrogens (tertiary/aromatic N) is 3. The molecule has 1 unspecified atom stereocenters. The van der Waals surface area contributed by atoms with Crippen molar-refractivity contribution in [2.75, 3.05) is 13.2 Å². The third kappa shape index (κ3) is 3.69. The quantitative estimate of drug-likeness (QED) is 0.603. The van der Waals surface area contributed by atoms with E-state index in [0.29, 0.717) is 30.9 Å². The third-order valence-electron chi connectivity index (χ3n) is 5.53. The number of para-hydroxylation sites is 1. The van der Waals surface area contributed by atoms with Crippen LogP contribution in [0.4, 0.5) is 0 Å². The highest BCUT2D eigenvalue weighted by Gasteiger charge is 2.34. The van der Waals surface area contributed by atoms with Gasteiger partial charge in [0, 0.05) is 17.9 Å². The molecule has 3 N–H and O–H groups in total. The van der Waals surface area contributed by atoms with Crippen molar-refractivity contribution in [2.24, 2.45) is 10.7 Å². The number of aliphatic imine (C=N–C) groups is 1. The molecule has 28 heavy (non-hydrogen) atoms. The van der Waals surface area contributed by atoms with Crippen molar-refractivity contribution in [3.63, 3.8) is 0 Å². The molecule has 2 aliphatic heterocycles. The van der Waals surface area contributed by atoms with E-state index in [0.717, 1.165) is 49.2 Å². The number of hydrogen-bond acceptors (Lipinski definition) is 6. The number of guanidine groups is 1. The Morgan fingerprint density at radius 2 is 2.07 bits per heavy atom. The molecule has 3 aliphatic rings. The van der Waals surface area contributed by atoms with Crippen LogP contribution in [0.25, 0.3) is 0 Å². The first kappa shape index (κ1) is 17.5. The Hall–Kier alpha value is -2.61. The van der Waals surface area contributed by atoms with Crippen molar-refractivity contribution in [2.45, 2.75) is 56.3 Å². The maximum atomic E-state index is 6.13. The van der Waals surface area contributed by atoms with Crippen molar-refractivity contribution >= 4 is 5.96 Å². The van der Waals surface area contributed by atoms with E-state index >= 15 is 0 Å². The number of hydrogen-bond donors (Lipinski definition) is 2. The highest BCUT2D eigenvalue weighted by molar-refractivity contribution is 5.78. The molecule has 0 amide bonds. The van der Waals surface area contributed by atoms with Gasteiger partial charge >= 0.3 is 0 Å². The van der Waals surface area contributed by atoms with Crippen LogP contribution in [0.3, 0.4) is 0 Å². The lowest BCUT2D eigenvalue weighted by molar-refractivity contribution is 0.0309. The number of nitrogens with two attached hydrogens (primary N) is 1. The minimum Gasteiger partial charge on any atom is -0.493 e. The van der Waals surface area contributed by atoms with E-state index in [-0.39, 0.29) is 18.2 Å². The molecule has 0 spiro atoms. The molecule has 3 atom stereocenters. The van der Waals surface area contributed by atoms with Crippen LogP contribution in [0.15, 0.2) is 33.8 Å². The van der Waals surface area contributed by atoms with Gasteiger partial charge in [0.25, 0.3) is 5.89 Å². The third-order valence-corrected chi connectivity index (χ3v) is 5.53. The number of rotatable bonds is 5. The standard InChI is InChI=1S/C20H25N5O3/c21-20(23-15-9-10-26-16-4-2-1-3-14(15)16)22-11-13-7-8-17(27-13)19-24-18(25-28-19)12-5-6-12/h1-4,12-13,15,17H,5-11H2,(H3,21,22,23)/t13-,15?,17+/m1/s1. The molecule has 8 nitrogen and oxygen atoms in total. The fourth-order valence-electron chi connectivity index (χ4n) is 3.82. The number of aromatic nitrogens is 2. The highest BCUT2D eigenvalue weighted by atomic mass is 16.5. The summed E-state index contributed by atoms with van der Waals surface area (Å²) in [6, 6.07) is 8.14. The van der Waals surface area contributed by atoms with E-state index in [2.05, 4.69) is 26.5 Å². The predicted octanol–water partition coefficient (Wildman–Crippen LogP) is 2.60. The first-order valence-electron chi connectivity index (χ1n) is 10.0. The molecular formula is C20H25N5O3. The zero-order valence-corrected chi connectivity index (χ0v) is 15.7. The van der Waals surface area contributed by atoms with Gasteiger partial charge in [-0.15, -0.1) is 0 Å². The minimum atomic E-state index is -0.128. The van der Waals surface area contributed by atoms with Crippen LogP contribution in [-0.2, 0) is 4.74 Å². The number of fused-ring (bicyclic) bond motifs is 1. The lowest BCUT2D eigenvalue weighted by atomic mass is 10.0. The topological polar surface area (TPSA) is 108 Å². The molecule has 148 valence electrons. The molecule has 1 aromatic heterocycles. The first-order valence-corrected chi connectivity index (χ1v) is 10.0. The summed E-state index contributed by atoms with van der Waals surface area (Å²) in [5, 5.41) is 7.39. The monoisotopic (exact) mass is 383 g/mol. The summed E-state index contributed by atoms with van der Waals surface area (Å²) in [6.45, 7) is 1.19. The summed E-state index contributed by atoms with van der Waals surface area (Å²) in [5.41, 5.74) is 7.25. The first-order chi connectivity index (χ1) is 13.8. The number of ether oxygens (including phenoxy) is 2. The molecule has 8 heteroatoms. The van der Waals surface area contributed by atoms with Gasteiger partial charge < -0.3 is 25.0 Å². The Balaban J connectivity index is 1.15. The lowest BCUT2D eigenvalue weighted by Gasteiger charge is -2.27. The van der Waals surface area contributed by atoms with Gasteiger partial charge in [-0.1, -0.05) is 23.4 Å². The van der Waals surface area contributed by atoms with Crippen molar-refractivity contribution in [1.82, 2.24) is 15.5 Å². The summed E-state index contributed by atoms with van der Waals surface area (Å²) in [5.74, 6) is 3.25. The van der Waals surface area contributed by atoms with E-state index in [1.807, 2.05) is 18.2 Å². The van der Waals surface area contributed by atoms with Gasteiger partial charge in [-0.25, -0.2) is 0 Å². The lowest BCUT2D eigenvalue weighted by Crippen LogP contribution is -2.37. The van der Waals surface area contributed by atoms with Gasteiger partial charge in [0.1, 0.15) is 11.9 Å². The van der Waals surface area contributed by atoms with Crippen molar-refractivity contribution in [3.8, 4) is 5.75 Å². The van der Waals surface area contributed by atoms with Crippen LogP contribution < -0.4 is 15.8 Å². The molecule has 1 aliphatic carbocycles. The second-order valence-electron chi connectivity index (χ2n) is 7.69. The molecule has 0 radical (unpaired) electrons. The van der Waals surface area contributed by atoms with E-state index in [9.17, 15) is 0 Å². The highest BCUT2D eigenvalue weighted by Crippen LogP contribution is 2.40. The van der Waals surface area contributed by atoms with Crippen LogP contribution in [0.1, 0.15) is 67.4 Å². The van der Waals surface area contributed by atoms with Crippen molar-refractivity contribution < 1.29 is 14.0 Å². The Kier molecular flexibility index (Phi) is 4.64. The van der Waals surface area contributed by atoms with E-state index in [1.54, 1.807) is 0 Å². The second kappa shape index (κ2) is 7.43. The summed E-state index contributed by atoms with van der Waals surface area (Å²) < 4.78 is 17.1. The van der Waals surface area contributed by atoms with E-state index in [4.69, 9.17) is 19.7 Å². The Morgan fingerprint density at radius 3 is 2.96 bits per heavy atom. The average Bonchev–Trinajstić information content (AvgIpc) is 3.26. The van der Waals surface area contributed by atoms with Crippen LogP contribution >= 0.6 is 0 Å². The summed E-state index contributed by atoms with van der Waals surface area (Å²) in [7, 11) is 0. The fraction of sp³-hybridized carbons (Fsp3) is 0.550. The maximum Gasteiger partial charge on any atom is 0.255 e. The fourth-order valence-corrected chi connectivity index (χ4v) is 3.82. The van der Waals surface area contributed by atoms with Crippen LogP contribution in [0, 0.1) is 0 Å². The maximum absolute atomic E-state index is 6.13. The summed E-state index contributed by atoms with van der Waals surface area (Å²) in [6.07, 6.45) is 4.84.